The molecule has 1 aliphatic heterocycles. The Balaban J connectivity index is 1.48. The van der Waals surface area contributed by atoms with Gasteiger partial charge in [0.05, 0.1) is 17.3 Å². The molecule has 36 heavy (non-hydrogen) atoms. The Hall–Kier alpha value is -3.26. The maximum Gasteiger partial charge on any atom is 0.322 e. The summed E-state index contributed by atoms with van der Waals surface area (Å²) in [6.07, 6.45) is 0.389. The number of urea groups is 1. The van der Waals surface area contributed by atoms with Crippen LogP contribution in [0.3, 0.4) is 0 Å². The molecule has 1 aliphatic rings. The second-order valence-corrected chi connectivity index (χ2v) is 10.8. The fourth-order valence-electron chi connectivity index (χ4n) is 3.99. The van der Waals surface area contributed by atoms with E-state index in [2.05, 4.69) is 15.5 Å². The Bertz CT molecular complexity index is 1070. The lowest BCUT2D eigenvalue weighted by molar-refractivity contribution is -0.134. The van der Waals surface area contributed by atoms with E-state index in [0.717, 1.165) is 11.3 Å². The number of carbonyl (C=O) groups excluding carboxylic acids is 3. The predicted octanol–water partition coefficient (Wildman–Crippen LogP) is 4.84. The van der Waals surface area contributed by atoms with Crippen LogP contribution in [0.25, 0.3) is 0 Å². The van der Waals surface area contributed by atoms with Gasteiger partial charge < -0.3 is 25.3 Å². The fraction of sp³-hybridized carbons (Fsp3) is 0.444. The first-order valence-corrected chi connectivity index (χ1v) is 12.5. The number of rotatable bonds is 6. The normalized spacial score (nSPS) is 13.8. The van der Waals surface area contributed by atoms with Crippen molar-refractivity contribution in [1.82, 2.24) is 9.80 Å². The van der Waals surface area contributed by atoms with E-state index in [1.807, 2.05) is 64.1 Å². The van der Waals surface area contributed by atoms with Crippen molar-refractivity contribution < 1.29 is 14.4 Å². The van der Waals surface area contributed by atoms with Gasteiger partial charge in [0.1, 0.15) is 0 Å². The van der Waals surface area contributed by atoms with Gasteiger partial charge in [-0.1, -0.05) is 44.5 Å². The highest BCUT2D eigenvalue weighted by atomic mass is 35.5. The van der Waals surface area contributed by atoms with Crippen molar-refractivity contribution in [2.75, 3.05) is 55.3 Å². The highest BCUT2D eigenvalue weighted by Crippen LogP contribution is 2.26. The molecule has 0 aromatic heterocycles. The van der Waals surface area contributed by atoms with Gasteiger partial charge in [-0.2, -0.15) is 0 Å². The molecule has 1 saturated heterocycles. The van der Waals surface area contributed by atoms with Crippen LogP contribution in [-0.4, -0.2) is 67.4 Å². The Labute approximate surface area is 218 Å². The molecule has 8 nitrogen and oxygen atoms in total. The number of nitrogens with one attached hydrogen (secondary N) is 2. The van der Waals surface area contributed by atoms with Crippen molar-refractivity contribution in [3.63, 3.8) is 0 Å². The van der Waals surface area contributed by atoms with E-state index >= 15 is 0 Å². The number of benzene rings is 2. The molecule has 2 aromatic carbocycles. The molecule has 4 amide bonds. The summed E-state index contributed by atoms with van der Waals surface area (Å²) in [5, 5.41) is 6.31. The van der Waals surface area contributed by atoms with Gasteiger partial charge in [-0.05, 0) is 48.2 Å². The monoisotopic (exact) mass is 513 g/mol. The number of amides is 4. The molecule has 0 saturated carbocycles. The Kier molecular flexibility index (Phi) is 8.84. The third kappa shape index (κ3) is 7.62. The van der Waals surface area contributed by atoms with E-state index in [-0.39, 0.29) is 29.8 Å². The molecule has 9 heteroatoms. The first-order valence-electron chi connectivity index (χ1n) is 12.1. The predicted molar refractivity (Wildman–Crippen MR) is 146 cm³/mol. The van der Waals surface area contributed by atoms with Gasteiger partial charge >= 0.3 is 6.03 Å². The summed E-state index contributed by atoms with van der Waals surface area (Å²) in [6.45, 7) is 10.5. The standard InChI is InChI=1S/C27H36ClN5O3/c1-19-7-6-8-22(28)25(19)30-26(36)33-15-13-32(14-16-33)21-11-9-20(10-12-21)29-23(34)18-31(5)24(35)17-27(2,3)4/h6-12H,13-18H2,1-5H3,(H,29,34)(H,30,36). The van der Waals surface area contributed by atoms with Crippen LogP contribution in [0.4, 0.5) is 21.9 Å². The van der Waals surface area contributed by atoms with E-state index in [9.17, 15) is 14.4 Å². The van der Waals surface area contributed by atoms with Gasteiger partial charge in [0.25, 0.3) is 0 Å². The molecule has 0 bridgehead atoms. The van der Waals surface area contributed by atoms with Crippen LogP contribution in [0.2, 0.25) is 5.02 Å². The number of hydrogen-bond donors (Lipinski definition) is 2. The molecule has 0 radical (unpaired) electrons. The lowest BCUT2D eigenvalue weighted by atomic mass is 9.92. The molecule has 194 valence electrons. The van der Waals surface area contributed by atoms with Gasteiger partial charge in [-0.25, -0.2) is 4.79 Å². The lowest BCUT2D eigenvalue weighted by Gasteiger charge is -2.36. The number of anilines is 3. The number of aryl methyl sites for hydroxylation is 1. The first kappa shape index (κ1) is 27.3. The van der Waals surface area contributed by atoms with Crippen LogP contribution >= 0.6 is 11.6 Å². The molecule has 1 fully saturated rings. The van der Waals surface area contributed by atoms with Gasteiger partial charge in [-0.15, -0.1) is 0 Å². The molecule has 0 aliphatic carbocycles. The van der Waals surface area contributed by atoms with E-state index in [4.69, 9.17) is 11.6 Å². The van der Waals surface area contributed by atoms with Crippen molar-refractivity contribution in [3.05, 3.63) is 53.1 Å². The molecule has 1 heterocycles. The average Bonchev–Trinajstić information content (AvgIpc) is 2.81. The largest absolute Gasteiger partial charge is 0.368 e. The molecule has 0 spiro atoms. The van der Waals surface area contributed by atoms with Crippen molar-refractivity contribution in [3.8, 4) is 0 Å². The fourth-order valence-corrected chi connectivity index (χ4v) is 4.26. The molecule has 0 unspecified atom stereocenters. The summed E-state index contributed by atoms with van der Waals surface area (Å²) in [5.74, 6) is -0.288. The Morgan fingerprint density at radius 3 is 2.19 bits per heavy atom. The maximum absolute atomic E-state index is 12.7. The van der Waals surface area contributed by atoms with Crippen LogP contribution in [-0.2, 0) is 9.59 Å². The third-order valence-electron chi connectivity index (χ3n) is 6.03. The molecule has 3 rings (SSSR count). The van der Waals surface area contributed by atoms with Crippen LogP contribution in [0.5, 0.6) is 0 Å². The molecule has 0 atom stereocenters. The van der Waals surface area contributed by atoms with Crippen molar-refractivity contribution in [1.29, 1.82) is 0 Å². The summed E-state index contributed by atoms with van der Waals surface area (Å²) in [6, 6.07) is 13.0. The topological polar surface area (TPSA) is 85.0 Å². The van der Waals surface area contributed by atoms with E-state index in [1.165, 1.54) is 4.90 Å². The molecular formula is C27H36ClN5O3. The summed E-state index contributed by atoms with van der Waals surface area (Å²) < 4.78 is 0. The maximum atomic E-state index is 12.7. The number of halogens is 1. The van der Waals surface area contributed by atoms with E-state index < -0.39 is 0 Å². The number of nitrogens with zero attached hydrogens (tertiary/aromatic N) is 3. The number of para-hydroxylation sites is 1. The van der Waals surface area contributed by atoms with Crippen LogP contribution in [0.1, 0.15) is 32.8 Å². The number of carbonyl (C=O) groups is 3. The van der Waals surface area contributed by atoms with Crippen LogP contribution in [0.15, 0.2) is 42.5 Å². The van der Waals surface area contributed by atoms with Crippen molar-refractivity contribution in [2.24, 2.45) is 5.41 Å². The van der Waals surface area contributed by atoms with Crippen LogP contribution in [0, 0.1) is 12.3 Å². The smallest absolute Gasteiger partial charge is 0.322 e. The quantitative estimate of drug-likeness (QED) is 0.579. The second-order valence-electron chi connectivity index (χ2n) is 10.4. The van der Waals surface area contributed by atoms with Gasteiger partial charge in [0.15, 0.2) is 0 Å². The Morgan fingerprint density at radius 2 is 1.61 bits per heavy atom. The summed E-state index contributed by atoms with van der Waals surface area (Å²) >= 11 is 6.24. The SMILES string of the molecule is Cc1cccc(Cl)c1NC(=O)N1CCN(c2ccc(NC(=O)CN(C)C(=O)CC(C)(C)C)cc2)CC1. The molecule has 2 aromatic rings. The third-order valence-corrected chi connectivity index (χ3v) is 6.34. The van der Waals surface area contributed by atoms with Gasteiger partial charge in [0, 0.05) is 51.0 Å². The number of likely N-dealkylation sites (N-methyl/N-ethyl adjacent to an activating group) is 1. The Morgan fingerprint density at radius 1 is 0.972 bits per heavy atom. The van der Waals surface area contributed by atoms with E-state index in [0.29, 0.717) is 49.0 Å². The summed E-state index contributed by atoms with van der Waals surface area (Å²) in [5.41, 5.74) is 3.14. The minimum atomic E-state index is -0.235. The van der Waals surface area contributed by atoms with Crippen LogP contribution < -0.4 is 15.5 Å². The highest BCUT2D eigenvalue weighted by molar-refractivity contribution is 6.33. The molecule has 2 N–H and O–H groups in total. The van der Waals surface area contributed by atoms with Crippen molar-refractivity contribution >= 4 is 46.5 Å². The van der Waals surface area contributed by atoms with Gasteiger partial charge in [0.2, 0.25) is 11.8 Å². The van der Waals surface area contributed by atoms with E-state index in [1.54, 1.807) is 18.0 Å². The first-order chi connectivity index (χ1) is 16.9. The highest BCUT2D eigenvalue weighted by Gasteiger charge is 2.23. The average molecular weight is 514 g/mol. The summed E-state index contributed by atoms with van der Waals surface area (Å²) in [4.78, 5) is 42.8. The molecular weight excluding hydrogens is 478 g/mol. The zero-order valence-corrected chi connectivity index (χ0v) is 22.5. The minimum absolute atomic E-state index is 0.00834. The van der Waals surface area contributed by atoms with Gasteiger partial charge in [-0.3, -0.25) is 9.59 Å². The minimum Gasteiger partial charge on any atom is -0.368 e. The summed E-state index contributed by atoms with van der Waals surface area (Å²) in [7, 11) is 1.65. The number of piperazine rings is 1. The van der Waals surface area contributed by atoms with Crippen molar-refractivity contribution in [2.45, 2.75) is 34.1 Å². The second kappa shape index (κ2) is 11.6. The lowest BCUT2D eigenvalue weighted by Crippen LogP contribution is -2.50. The number of hydrogen-bond acceptors (Lipinski definition) is 4. The zero-order chi connectivity index (χ0) is 26.5. The zero-order valence-electron chi connectivity index (χ0n) is 21.7.